The first-order valence-corrected chi connectivity index (χ1v) is 5.85. The highest BCUT2D eigenvalue weighted by molar-refractivity contribution is 7.16. The van der Waals surface area contributed by atoms with E-state index in [0.717, 1.165) is 35.3 Å². The number of carbonyl (C=O) groups is 1. The first kappa shape index (κ1) is 8.85. The van der Waals surface area contributed by atoms with E-state index in [0.29, 0.717) is 0 Å². The summed E-state index contributed by atoms with van der Waals surface area (Å²) in [5.74, 6) is 0.150. The Balaban J connectivity index is 1.99. The summed E-state index contributed by atoms with van der Waals surface area (Å²) < 4.78 is 1.08. The second-order valence-corrected chi connectivity index (χ2v) is 4.57. The second-order valence-electron chi connectivity index (χ2n) is 3.68. The van der Waals surface area contributed by atoms with E-state index >= 15 is 0 Å². The van der Waals surface area contributed by atoms with Crippen molar-refractivity contribution >= 4 is 27.5 Å². The first-order valence-electron chi connectivity index (χ1n) is 4.97. The summed E-state index contributed by atoms with van der Waals surface area (Å²) in [5, 5.41) is 0. The van der Waals surface area contributed by atoms with Gasteiger partial charge in [0.15, 0.2) is 0 Å². The van der Waals surface area contributed by atoms with Gasteiger partial charge in [-0.15, -0.1) is 11.3 Å². The van der Waals surface area contributed by atoms with Crippen LogP contribution in [0.1, 0.15) is 16.8 Å². The van der Waals surface area contributed by atoms with Gasteiger partial charge in [0.05, 0.1) is 15.7 Å². The predicted molar refractivity (Wildman–Crippen MR) is 60.1 cm³/mol. The van der Waals surface area contributed by atoms with Crippen LogP contribution in [0.25, 0.3) is 10.2 Å². The number of aromatic nitrogens is 1. The number of benzene rings is 1. The van der Waals surface area contributed by atoms with E-state index in [1.54, 1.807) is 11.3 Å². The molecule has 2 heterocycles. The second kappa shape index (κ2) is 3.31. The molecule has 1 aliphatic rings. The molecule has 3 nitrogen and oxygen atoms in total. The molecule has 0 N–H and O–H groups in total. The van der Waals surface area contributed by atoms with E-state index in [2.05, 4.69) is 4.98 Å². The SMILES string of the molecule is O=C(c1ccc2ncsc2c1)N1CCC1. The number of rotatable bonds is 1. The Morgan fingerprint density at radius 2 is 2.27 bits per heavy atom. The Morgan fingerprint density at radius 3 is 3.00 bits per heavy atom. The summed E-state index contributed by atoms with van der Waals surface area (Å²) >= 11 is 1.57. The van der Waals surface area contributed by atoms with Crippen LogP contribution in [0.5, 0.6) is 0 Å². The van der Waals surface area contributed by atoms with E-state index in [4.69, 9.17) is 0 Å². The summed E-state index contributed by atoms with van der Waals surface area (Å²) in [5.41, 5.74) is 3.56. The zero-order valence-corrected chi connectivity index (χ0v) is 8.96. The number of hydrogen-bond donors (Lipinski definition) is 0. The Labute approximate surface area is 91.3 Å². The highest BCUT2D eigenvalue weighted by Crippen LogP contribution is 2.21. The van der Waals surface area contributed by atoms with Crippen LogP contribution in [-0.2, 0) is 0 Å². The van der Waals surface area contributed by atoms with Gasteiger partial charge in [-0.05, 0) is 24.6 Å². The van der Waals surface area contributed by atoms with Crippen LogP contribution < -0.4 is 0 Å². The number of hydrogen-bond acceptors (Lipinski definition) is 3. The molecule has 2 aromatic rings. The van der Waals surface area contributed by atoms with Crippen LogP contribution in [0.15, 0.2) is 23.7 Å². The fourth-order valence-electron chi connectivity index (χ4n) is 1.69. The summed E-state index contributed by atoms with van der Waals surface area (Å²) in [6.07, 6.45) is 1.13. The Morgan fingerprint density at radius 1 is 1.40 bits per heavy atom. The molecule has 3 rings (SSSR count). The Kier molecular flexibility index (Phi) is 1.95. The molecule has 0 saturated carbocycles. The van der Waals surface area contributed by atoms with Gasteiger partial charge in [-0.2, -0.15) is 0 Å². The molecular formula is C11H10N2OS. The van der Waals surface area contributed by atoms with Gasteiger partial charge < -0.3 is 4.90 Å². The maximum Gasteiger partial charge on any atom is 0.253 e. The third-order valence-corrected chi connectivity index (χ3v) is 3.51. The fourth-order valence-corrected chi connectivity index (χ4v) is 2.41. The minimum absolute atomic E-state index is 0.150. The van der Waals surface area contributed by atoms with Gasteiger partial charge in [0.2, 0.25) is 0 Å². The summed E-state index contributed by atoms with van der Waals surface area (Å²) in [7, 11) is 0. The lowest BCUT2D eigenvalue weighted by Crippen LogP contribution is -2.41. The van der Waals surface area contributed by atoms with Crippen molar-refractivity contribution in [1.29, 1.82) is 0 Å². The average Bonchev–Trinajstić information content (AvgIpc) is 2.61. The molecule has 1 amide bonds. The van der Waals surface area contributed by atoms with Gasteiger partial charge in [0.1, 0.15) is 0 Å². The number of amides is 1. The highest BCUT2D eigenvalue weighted by Gasteiger charge is 2.21. The third-order valence-electron chi connectivity index (χ3n) is 2.72. The van der Waals surface area contributed by atoms with E-state index in [1.807, 2.05) is 28.6 Å². The zero-order chi connectivity index (χ0) is 10.3. The fraction of sp³-hybridized carbons (Fsp3) is 0.273. The molecule has 1 aliphatic heterocycles. The van der Waals surface area contributed by atoms with Crippen molar-refractivity contribution in [3.8, 4) is 0 Å². The Bertz CT molecular complexity index is 516. The van der Waals surface area contributed by atoms with E-state index in [-0.39, 0.29) is 5.91 Å². The number of carbonyl (C=O) groups excluding carboxylic acids is 1. The lowest BCUT2D eigenvalue weighted by molar-refractivity contribution is 0.0652. The molecule has 1 aromatic heterocycles. The Hall–Kier alpha value is -1.42. The summed E-state index contributed by atoms with van der Waals surface area (Å²) in [6, 6.07) is 5.72. The summed E-state index contributed by atoms with van der Waals surface area (Å²) in [6.45, 7) is 1.80. The maximum absolute atomic E-state index is 11.9. The summed E-state index contributed by atoms with van der Waals surface area (Å²) in [4.78, 5) is 18.0. The molecule has 4 heteroatoms. The van der Waals surface area contributed by atoms with Crippen molar-refractivity contribution in [2.75, 3.05) is 13.1 Å². The van der Waals surface area contributed by atoms with Gasteiger partial charge in [0.25, 0.3) is 5.91 Å². The molecule has 1 aromatic carbocycles. The van der Waals surface area contributed by atoms with E-state index in [1.165, 1.54) is 0 Å². The largest absolute Gasteiger partial charge is 0.339 e. The molecule has 1 fully saturated rings. The van der Waals surface area contributed by atoms with Crippen molar-refractivity contribution in [2.45, 2.75) is 6.42 Å². The van der Waals surface area contributed by atoms with Gasteiger partial charge in [0, 0.05) is 18.7 Å². The molecule has 0 unspecified atom stereocenters. The van der Waals surface area contributed by atoms with Crippen molar-refractivity contribution in [3.63, 3.8) is 0 Å². The molecule has 76 valence electrons. The first-order chi connectivity index (χ1) is 7.34. The highest BCUT2D eigenvalue weighted by atomic mass is 32.1. The van der Waals surface area contributed by atoms with Crippen molar-refractivity contribution in [1.82, 2.24) is 9.88 Å². The quantitative estimate of drug-likeness (QED) is 0.734. The van der Waals surface area contributed by atoms with Crippen molar-refractivity contribution in [2.24, 2.45) is 0 Å². The van der Waals surface area contributed by atoms with Crippen LogP contribution in [0.2, 0.25) is 0 Å². The predicted octanol–water partition coefficient (Wildman–Crippen LogP) is 2.14. The number of thiazole rings is 1. The molecule has 0 spiro atoms. The third kappa shape index (κ3) is 1.41. The lowest BCUT2D eigenvalue weighted by atomic mass is 10.1. The van der Waals surface area contributed by atoms with Crippen LogP contribution in [0.3, 0.4) is 0 Å². The van der Waals surface area contributed by atoms with Gasteiger partial charge in [-0.3, -0.25) is 4.79 Å². The number of likely N-dealkylation sites (tertiary alicyclic amines) is 1. The maximum atomic E-state index is 11.9. The molecule has 15 heavy (non-hydrogen) atoms. The average molecular weight is 218 g/mol. The minimum Gasteiger partial charge on any atom is -0.339 e. The van der Waals surface area contributed by atoms with E-state index < -0.39 is 0 Å². The topological polar surface area (TPSA) is 33.2 Å². The monoisotopic (exact) mass is 218 g/mol. The normalized spacial score (nSPS) is 15.3. The van der Waals surface area contributed by atoms with Crippen LogP contribution in [0.4, 0.5) is 0 Å². The van der Waals surface area contributed by atoms with Crippen molar-refractivity contribution < 1.29 is 4.79 Å². The number of fused-ring (bicyclic) bond motifs is 1. The minimum atomic E-state index is 0.150. The zero-order valence-electron chi connectivity index (χ0n) is 8.14. The van der Waals surface area contributed by atoms with Gasteiger partial charge >= 0.3 is 0 Å². The molecule has 0 atom stereocenters. The van der Waals surface area contributed by atoms with Crippen LogP contribution in [-0.4, -0.2) is 28.9 Å². The van der Waals surface area contributed by atoms with Crippen LogP contribution in [0, 0.1) is 0 Å². The molecule has 0 bridgehead atoms. The number of nitrogens with zero attached hydrogens (tertiary/aromatic N) is 2. The van der Waals surface area contributed by atoms with Gasteiger partial charge in [-0.1, -0.05) is 0 Å². The lowest BCUT2D eigenvalue weighted by Gasteiger charge is -2.30. The molecule has 0 radical (unpaired) electrons. The molecule has 1 saturated heterocycles. The van der Waals surface area contributed by atoms with E-state index in [9.17, 15) is 4.79 Å². The van der Waals surface area contributed by atoms with Gasteiger partial charge in [-0.25, -0.2) is 4.98 Å². The van der Waals surface area contributed by atoms with Crippen LogP contribution >= 0.6 is 11.3 Å². The standard InChI is InChI=1S/C11H10N2OS/c14-11(13-4-1-5-13)8-2-3-9-10(6-8)15-7-12-9/h2-3,6-7H,1,4-5H2. The van der Waals surface area contributed by atoms with Crippen molar-refractivity contribution in [3.05, 3.63) is 29.3 Å². The molecular weight excluding hydrogens is 208 g/mol. The smallest absolute Gasteiger partial charge is 0.253 e. The molecule has 0 aliphatic carbocycles.